The Hall–Kier alpha value is -1.35. The predicted octanol–water partition coefficient (Wildman–Crippen LogP) is 0.405. The summed E-state index contributed by atoms with van der Waals surface area (Å²) in [4.78, 5) is 11.2. The van der Waals surface area contributed by atoms with Crippen LogP contribution in [0.15, 0.2) is 30.3 Å². The van der Waals surface area contributed by atoms with Crippen molar-refractivity contribution in [2.75, 3.05) is 6.54 Å². The van der Waals surface area contributed by atoms with Crippen molar-refractivity contribution in [3.63, 3.8) is 0 Å². The average Bonchev–Trinajstić information content (AvgIpc) is 2.53. The second kappa shape index (κ2) is 2.95. The first kappa shape index (κ1) is 7.31. The van der Waals surface area contributed by atoms with Crippen LogP contribution >= 0.6 is 0 Å². The first-order valence-corrected chi connectivity index (χ1v) is 3.95. The van der Waals surface area contributed by atoms with Crippen LogP contribution in [0.1, 0.15) is 11.5 Å². The zero-order chi connectivity index (χ0) is 8.39. The lowest BCUT2D eigenvalue weighted by Gasteiger charge is -2.04. The third-order valence-electron chi connectivity index (χ3n) is 2.04. The Kier molecular flexibility index (Phi) is 1.80. The zero-order valence-corrected chi connectivity index (χ0v) is 6.58. The highest BCUT2D eigenvalue weighted by Gasteiger charge is 2.24. The Labute approximate surface area is 70.8 Å². The number of carbonyl (C=O) groups is 1. The molecule has 12 heavy (non-hydrogen) atoms. The molecule has 1 fully saturated rings. The lowest BCUT2D eigenvalue weighted by atomic mass is 10.0. The van der Waals surface area contributed by atoms with Crippen molar-refractivity contribution in [1.82, 2.24) is 10.9 Å². The van der Waals surface area contributed by atoms with Gasteiger partial charge in [0.1, 0.15) is 0 Å². The molecule has 1 aromatic carbocycles. The molecule has 3 nitrogen and oxygen atoms in total. The minimum absolute atomic E-state index is 0.0220. The van der Waals surface area contributed by atoms with Crippen LogP contribution in [-0.4, -0.2) is 12.5 Å². The van der Waals surface area contributed by atoms with Gasteiger partial charge < -0.3 is 0 Å². The van der Waals surface area contributed by atoms with Crippen molar-refractivity contribution in [1.29, 1.82) is 0 Å². The van der Waals surface area contributed by atoms with Gasteiger partial charge >= 0.3 is 0 Å². The number of hydrazine groups is 1. The fraction of sp³-hybridized carbons (Fsp3) is 0.222. The van der Waals surface area contributed by atoms with Crippen molar-refractivity contribution in [3.8, 4) is 0 Å². The maximum atomic E-state index is 11.2. The van der Waals surface area contributed by atoms with Gasteiger partial charge in [0.05, 0.1) is 5.92 Å². The monoisotopic (exact) mass is 162 g/mol. The van der Waals surface area contributed by atoms with Gasteiger partial charge in [0.25, 0.3) is 0 Å². The predicted molar refractivity (Wildman–Crippen MR) is 45.3 cm³/mol. The summed E-state index contributed by atoms with van der Waals surface area (Å²) >= 11 is 0. The highest BCUT2D eigenvalue weighted by atomic mass is 16.2. The fourth-order valence-electron chi connectivity index (χ4n) is 1.37. The number of benzene rings is 1. The quantitative estimate of drug-likeness (QED) is 0.627. The zero-order valence-electron chi connectivity index (χ0n) is 6.58. The summed E-state index contributed by atoms with van der Waals surface area (Å²) in [5.74, 6) is 0.0346. The largest absolute Gasteiger partial charge is 0.291 e. The molecule has 0 bridgehead atoms. The number of rotatable bonds is 1. The van der Waals surface area contributed by atoms with Gasteiger partial charge in [-0.2, -0.15) is 0 Å². The molecule has 1 aromatic rings. The van der Waals surface area contributed by atoms with E-state index in [1.165, 1.54) is 0 Å². The van der Waals surface area contributed by atoms with Crippen LogP contribution in [0.3, 0.4) is 0 Å². The van der Waals surface area contributed by atoms with Crippen LogP contribution < -0.4 is 10.9 Å². The van der Waals surface area contributed by atoms with Crippen LogP contribution in [0.25, 0.3) is 0 Å². The van der Waals surface area contributed by atoms with Crippen LogP contribution in [0.4, 0.5) is 0 Å². The molecule has 0 saturated carbocycles. The maximum absolute atomic E-state index is 11.2. The molecular formula is C9H10N2O. The van der Waals surface area contributed by atoms with E-state index < -0.39 is 0 Å². The summed E-state index contributed by atoms with van der Waals surface area (Å²) in [7, 11) is 0. The third-order valence-corrected chi connectivity index (χ3v) is 2.04. The summed E-state index contributed by atoms with van der Waals surface area (Å²) in [6.45, 7) is 0.683. The standard InChI is InChI=1S/C9H10N2O/c12-9-8(6-10-11-9)7-4-2-1-3-5-7/h1-5,8,10H,6H2,(H,11,12). The van der Waals surface area contributed by atoms with Crippen molar-refractivity contribution < 1.29 is 4.79 Å². The van der Waals surface area contributed by atoms with Crippen molar-refractivity contribution >= 4 is 5.91 Å². The van der Waals surface area contributed by atoms with E-state index >= 15 is 0 Å². The van der Waals surface area contributed by atoms with E-state index in [1.807, 2.05) is 30.3 Å². The van der Waals surface area contributed by atoms with Crippen LogP contribution in [0.5, 0.6) is 0 Å². The molecule has 2 N–H and O–H groups in total. The molecule has 62 valence electrons. The van der Waals surface area contributed by atoms with Gasteiger partial charge in [-0.05, 0) is 5.56 Å². The Morgan fingerprint density at radius 3 is 2.58 bits per heavy atom. The van der Waals surface area contributed by atoms with Gasteiger partial charge in [-0.3, -0.25) is 10.2 Å². The smallest absolute Gasteiger partial charge is 0.242 e. The van der Waals surface area contributed by atoms with E-state index in [2.05, 4.69) is 10.9 Å². The van der Waals surface area contributed by atoms with Gasteiger partial charge in [-0.15, -0.1) is 0 Å². The lowest BCUT2D eigenvalue weighted by molar-refractivity contribution is -0.120. The molecule has 1 saturated heterocycles. The van der Waals surface area contributed by atoms with Gasteiger partial charge in [0.15, 0.2) is 0 Å². The van der Waals surface area contributed by atoms with Crippen LogP contribution in [0.2, 0.25) is 0 Å². The first-order chi connectivity index (χ1) is 5.88. The fourth-order valence-corrected chi connectivity index (χ4v) is 1.37. The average molecular weight is 162 g/mol. The molecule has 0 radical (unpaired) electrons. The van der Waals surface area contributed by atoms with E-state index in [0.29, 0.717) is 6.54 Å². The number of carbonyl (C=O) groups excluding carboxylic acids is 1. The lowest BCUT2D eigenvalue weighted by Crippen LogP contribution is -2.25. The summed E-state index contributed by atoms with van der Waals surface area (Å²) < 4.78 is 0. The van der Waals surface area contributed by atoms with Crippen LogP contribution in [0, 0.1) is 0 Å². The van der Waals surface area contributed by atoms with Gasteiger partial charge in [-0.1, -0.05) is 30.3 Å². The minimum Gasteiger partial charge on any atom is -0.291 e. The van der Waals surface area contributed by atoms with E-state index in [4.69, 9.17) is 0 Å². The Morgan fingerprint density at radius 1 is 1.25 bits per heavy atom. The molecule has 2 rings (SSSR count). The van der Waals surface area contributed by atoms with Crippen molar-refractivity contribution in [2.45, 2.75) is 5.92 Å². The topological polar surface area (TPSA) is 41.1 Å². The van der Waals surface area contributed by atoms with Gasteiger partial charge in [0, 0.05) is 6.54 Å². The number of amides is 1. The van der Waals surface area contributed by atoms with Gasteiger partial charge in [-0.25, -0.2) is 5.43 Å². The Bertz CT molecular complexity index is 284. The highest BCUT2D eigenvalue weighted by molar-refractivity contribution is 5.85. The third kappa shape index (κ3) is 1.19. The molecule has 0 aromatic heterocycles. The second-order valence-corrected chi connectivity index (χ2v) is 2.83. The summed E-state index contributed by atoms with van der Waals surface area (Å²) in [6.07, 6.45) is 0. The first-order valence-electron chi connectivity index (χ1n) is 3.95. The number of nitrogens with one attached hydrogen (secondary N) is 2. The van der Waals surface area contributed by atoms with E-state index in [1.54, 1.807) is 0 Å². The molecule has 1 atom stereocenters. The second-order valence-electron chi connectivity index (χ2n) is 2.83. The number of hydrogen-bond donors (Lipinski definition) is 2. The Balaban J connectivity index is 2.25. The Morgan fingerprint density at radius 2 is 2.00 bits per heavy atom. The van der Waals surface area contributed by atoms with E-state index in [-0.39, 0.29) is 11.8 Å². The molecule has 0 spiro atoms. The summed E-state index contributed by atoms with van der Waals surface area (Å²) in [5.41, 5.74) is 6.47. The molecular weight excluding hydrogens is 152 g/mol. The molecule has 1 aliphatic rings. The SMILES string of the molecule is O=C1NNCC1c1ccccc1. The number of hydrogen-bond acceptors (Lipinski definition) is 2. The van der Waals surface area contributed by atoms with Crippen molar-refractivity contribution in [2.24, 2.45) is 0 Å². The summed E-state index contributed by atoms with van der Waals surface area (Å²) in [5, 5.41) is 0. The van der Waals surface area contributed by atoms with Crippen molar-refractivity contribution in [3.05, 3.63) is 35.9 Å². The molecule has 1 unspecified atom stereocenters. The van der Waals surface area contributed by atoms with E-state index in [0.717, 1.165) is 5.56 Å². The molecule has 3 heteroatoms. The summed E-state index contributed by atoms with van der Waals surface area (Å²) in [6, 6.07) is 9.78. The minimum atomic E-state index is -0.0220. The maximum Gasteiger partial charge on any atom is 0.242 e. The molecule has 1 amide bonds. The normalized spacial score (nSPS) is 22.3. The van der Waals surface area contributed by atoms with E-state index in [9.17, 15) is 4.79 Å². The molecule has 0 aliphatic carbocycles. The van der Waals surface area contributed by atoms with Crippen LogP contribution in [-0.2, 0) is 4.79 Å². The van der Waals surface area contributed by atoms with Gasteiger partial charge in [0.2, 0.25) is 5.91 Å². The highest BCUT2D eigenvalue weighted by Crippen LogP contribution is 2.16. The molecule has 1 aliphatic heterocycles. The molecule has 1 heterocycles.